The zero-order chi connectivity index (χ0) is 19.5. The summed E-state index contributed by atoms with van der Waals surface area (Å²) in [5.74, 6) is 2.09. The number of nitrogens with zero attached hydrogens (tertiary/aromatic N) is 2. The second-order valence-corrected chi connectivity index (χ2v) is 8.61. The van der Waals surface area contributed by atoms with Gasteiger partial charge in [0, 0.05) is 24.0 Å². The van der Waals surface area contributed by atoms with Gasteiger partial charge >= 0.3 is 0 Å². The molecule has 1 fully saturated rings. The van der Waals surface area contributed by atoms with Crippen LogP contribution in [-0.2, 0) is 12.8 Å². The number of anilines is 1. The van der Waals surface area contributed by atoms with E-state index >= 15 is 0 Å². The molecule has 0 saturated carbocycles. The number of likely N-dealkylation sites (tertiary alicyclic amines) is 1. The quantitative estimate of drug-likeness (QED) is 0.645. The van der Waals surface area contributed by atoms with Gasteiger partial charge in [0.05, 0.1) is 12.1 Å². The molecule has 1 N–H and O–H groups in total. The lowest BCUT2D eigenvalue weighted by Crippen LogP contribution is -2.22. The maximum atomic E-state index is 6.18. The fourth-order valence-electron chi connectivity index (χ4n) is 4.59. The minimum absolute atomic E-state index is 0.446. The Morgan fingerprint density at radius 2 is 1.93 bits per heavy atom. The van der Waals surface area contributed by atoms with Crippen molar-refractivity contribution in [3.8, 4) is 5.75 Å². The number of aryl methyl sites for hydroxylation is 2. The van der Waals surface area contributed by atoms with Crippen molar-refractivity contribution in [1.29, 1.82) is 0 Å². The number of hydrogen-bond donors (Lipinski definition) is 1. The highest BCUT2D eigenvalue weighted by atomic mass is 16.5. The first-order chi connectivity index (χ1) is 13.7. The van der Waals surface area contributed by atoms with Crippen molar-refractivity contribution in [1.82, 2.24) is 9.88 Å². The van der Waals surface area contributed by atoms with Gasteiger partial charge < -0.3 is 15.0 Å². The van der Waals surface area contributed by atoms with Gasteiger partial charge in [-0.15, -0.1) is 0 Å². The number of aromatic nitrogens is 1. The summed E-state index contributed by atoms with van der Waals surface area (Å²) in [4.78, 5) is 7.58. The van der Waals surface area contributed by atoms with Gasteiger partial charge in [-0.1, -0.05) is 6.92 Å². The molecule has 28 heavy (non-hydrogen) atoms. The average Bonchev–Trinajstić information content (AvgIpc) is 3.38. The standard InChI is InChI=1S/C24H35N3O/c1-4-18(3)25-24-20-10-7-9-19(20)21-15-17(2)23(16-22(21)26-24)28-14-8-13-27-11-5-6-12-27/h15-16,18H,4-14H2,1-3H3,(H,25,26)/t18-/m1/s1. The van der Waals surface area contributed by atoms with Gasteiger partial charge in [-0.05, 0) is 94.6 Å². The molecule has 4 rings (SSSR count). The van der Waals surface area contributed by atoms with Crippen molar-refractivity contribution < 1.29 is 4.74 Å². The largest absolute Gasteiger partial charge is 0.493 e. The van der Waals surface area contributed by atoms with Gasteiger partial charge in [0.1, 0.15) is 11.6 Å². The predicted octanol–water partition coefficient (Wildman–Crippen LogP) is 5.11. The molecule has 0 unspecified atom stereocenters. The van der Waals surface area contributed by atoms with Gasteiger partial charge in [0.25, 0.3) is 0 Å². The molecule has 0 spiro atoms. The van der Waals surface area contributed by atoms with Crippen LogP contribution < -0.4 is 10.1 Å². The van der Waals surface area contributed by atoms with Crippen LogP contribution in [0.3, 0.4) is 0 Å². The van der Waals surface area contributed by atoms with E-state index in [0.717, 1.165) is 49.5 Å². The summed E-state index contributed by atoms with van der Waals surface area (Å²) >= 11 is 0. The molecule has 0 amide bonds. The summed E-state index contributed by atoms with van der Waals surface area (Å²) in [7, 11) is 0. The van der Waals surface area contributed by atoms with Gasteiger partial charge in [0.2, 0.25) is 0 Å². The summed E-state index contributed by atoms with van der Waals surface area (Å²) in [6, 6.07) is 4.91. The molecular formula is C24H35N3O. The fraction of sp³-hybridized carbons (Fsp3) is 0.625. The number of benzene rings is 1. The fourth-order valence-corrected chi connectivity index (χ4v) is 4.59. The van der Waals surface area contributed by atoms with E-state index in [-0.39, 0.29) is 0 Å². The van der Waals surface area contributed by atoms with Crippen molar-refractivity contribution in [3.63, 3.8) is 0 Å². The lowest BCUT2D eigenvalue weighted by atomic mass is 10.0. The Balaban J connectivity index is 1.53. The van der Waals surface area contributed by atoms with E-state index in [4.69, 9.17) is 9.72 Å². The van der Waals surface area contributed by atoms with Crippen LogP contribution in [0, 0.1) is 6.92 Å². The van der Waals surface area contributed by atoms with E-state index in [2.05, 4.69) is 43.1 Å². The highest BCUT2D eigenvalue weighted by molar-refractivity contribution is 5.88. The molecule has 2 aliphatic rings. The average molecular weight is 382 g/mol. The SMILES string of the molecule is CC[C@@H](C)Nc1nc2cc(OCCCN3CCCC3)c(C)cc2c2c1CCC2. The number of rotatable bonds is 8. The number of ether oxygens (including phenoxy) is 1. The van der Waals surface area contributed by atoms with Crippen LogP contribution in [0.1, 0.15) is 62.6 Å². The smallest absolute Gasteiger partial charge is 0.130 e. The maximum absolute atomic E-state index is 6.18. The van der Waals surface area contributed by atoms with E-state index in [1.54, 1.807) is 0 Å². The second kappa shape index (κ2) is 8.69. The summed E-state index contributed by atoms with van der Waals surface area (Å²) in [5.41, 5.74) is 5.24. The first kappa shape index (κ1) is 19.5. The summed E-state index contributed by atoms with van der Waals surface area (Å²) in [6.45, 7) is 11.1. The van der Waals surface area contributed by atoms with Crippen LogP contribution in [0.25, 0.3) is 10.9 Å². The summed E-state index contributed by atoms with van der Waals surface area (Å²) < 4.78 is 6.18. The first-order valence-electron chi connectivity index (χ1n) is 11.2. The molecule has 1 atom stereocenters. The lowest BCUT2D eigenvalue weighted by molar-refractivity contribution is 0.262. The third-order valence-electron chi connectivity index (χ3n) is 6.42. The van der Waals surface area contributed by atoms with Crippen molar-refractivity contribution >= 4 is 16.7 Å². The van der Waals surface area contributed by atoms with Crippen molar-refractivity contribution in [2.75, 3.05) is 31.6 Å². The molecule has 1 saturated heterocycles. The lowest BCUT2D eigenvalue weighted by Gasteiger charge is -2.18. The highest BCUT2D eigenvalue weighted by Crippen LogP contribution is 2.36. The zero-order valence-corrected chi connectivity index (χ0v) is 17.8. The van der Waals surface area contributed by atoms with Crippen molar-refractivity contribution in [3.05, 3.63) is 28.8 Å². The van der Waals surface area contributed by atoms with E-state index in [1.165, 1.54) is 60.8 Å². The molecular weight excluding hydrogens is 346 g/mol. The number of nitrogens with one attached hydrogen (secondary N) is 1. The van der Waals surface area contributed by atoms with Crippen molar-refractivity contribution in [2.24, 2.45) is 0 Å². The van der Waals surface area contributed by atoms with Crippen LogP contribution >= 0.6 is 0 Å². The number of hydrogen-bond acceptors (Lipinski definition) is 4. The molecule has 1 aromatic carbocycles. The zero-order valence-electron chi connectivity index (χ0n) is 17.8. The third-order valence-corrected chi connectivity index (χ3v) is 6.42. The van der Waals surface area contributed by atoms with Crippen molar-refractivity contribution in [2.45, 2.75) is 71.8 Å². The molecule has 4 nitrogen and oxygen atoms in total. The van der Waals surface area contributed by atoms with Crippen LogP contribution in [0.15, 0.2) is 12.1 Å². The topological polar surface area (TPSA) is 37.4 Å². The Bertz CT molecular complexity index is 826. The van der Waals surface area contributed by atoms with E-state index in [9.17, 15) is 0 Å². The number of fused-ring (bicyclic) bond motifs is 3. The molecule has 1 aromatic heterocycles. The maximum Gasteiger partial charge on any atom is 0.130 e. The molecule has 0 bridgehead atoms. The molecule has 0 radical (unpaired) electrons. The molecule has 4 heteroatoms. The molecule has 1 aliphatic carbocycles. The Kier molecular flexibility index (Phi) is 6.05. The van der Waals surface area contributed by atoms with Crippen LogP contribution in [-0.4, -0.2) is 42.2 Å². The van der Waals surface area contributed by atoms with Crippen LogP contribution in [0.5, 0.6) is 5.75 Å². The van der Waals surface area contributed by atoms with Crippen LogP contribution in [0.2, 0.25) is 0 Å². The highest BCUT2D eigenvalue weighted by Gasteiger charge is 2.21. The Morgan fingerprint density at radius 1 is 1.14 bits per heavy atom. The summed E-state index contributed by atoms with van der Waals surface area (Å²) in [6.07, 6.45) is 8.45. The minimum Gasteiger partial charge on any atom is -0.493 e. The monoisotopic (exact) mass is 381 g/mol. The second-order valence-electron chi connectivity index (χ2n) is 8.61. The first-order valence-corrected chi connectivity index (χ1v) is 11.2. The third kappa shape index (κ3) is 4.12. The summed E-state index contributed by atoms with van der Waals surface area (Å²) in [5, 5.41) is 4.97. The normalized spacial score (nSPS) is 17.8. The van der Waals surface area contributed by atoms with E-state index in [0.29, 0.717) is 6.04 Å². The molecule has 1 aliphatic heterocycles. The predicted molar refractivity (Wildman–Crippen MR) is 118 cm³/mol. The van der Waals surface area contributed by atoms with E-state index in [1.807, 2.05) is 0 Å². The Hall–Kier alpha value is -1.81. The Morgan fingerprint density at radius 3 is 2.71 bits per heavy atom. The number of pyridine rings is 1. The molecule has 152 valence electrons. The minimum atomic E-state index is 0.446. The van der Waals surface area contributed by atoms with Crippen LogP contribution in [0.4, 0.5) is 5.82 Å². The Labute approximate surface area is 169 Å². The van der Waals surface area contributed by atoms with Gasteiger partial charge in [-0.3, -0.25) is 0 Å². The van der Waals surface area contributed by atoms with Gasteiger partial charge in [0.15, 0.2) is 0 Å². The molecule has 2 heterocycles. The van der Waals surface area contributed by atoms with E-state index < -0.39 is 0 Å². The van der Waals surface area contributed by atoms with Gasteiger partial charge in [-0.25, -0.2) is 4.98 Å². The molecule has 2 aromatic rings. The van der Waals surface area contributed by atoms with Gasteiger partial charge in [-0.2, -0.15) is 0 Å².